The Kier molecular flexibility index (Phi) is 5.33. The number of aromatic nitrogens is 2. The van der Waals surface area contributed by atoms with Crippen LogP contribution in [-0.4, -0.2) is 42.3 Å². The summed E-state index contributed by atoms with van der Waals surface area (Å²) in [5, 5.41) is 3.50. The maximum atomic E-state index is 12.6. The maximum Gasteiger partial charge on any atom is 0.243 e. The summed E-state index contributed by atoms with van der Waals surface area (Å²) in [4.78, 5) is 7.53. The van der Waals surface area contributed by atoms with Gasteiger partial charge in [0.2, 0.25) is 10.0 Å². The Morgan fingerprint density at radius 1 is 1.29 bits per heavy atom. The molecule has 0 radical (unpaired) electrons. The highest BCUT2D eigenvalue weighted by Crippen LogP contribution is 2.23. The first-order valence-corrected chi connectivity index (χ1v) is 9.78. The Hall–Kier alpha value is -1.70. The Labute approximate surface area is 143 Å². The van der Waals surface area contributed by atoms with E-state index < -0.39 is 10.0 Å². The summed E-state index contributed by atoms with van der Waals surface area (Å²) >= 11 is 0. The number of nitrogens with one attached hydrogen (secondary N) is 2. The fourth-order valence-electron chi connectivity index (χ4n) is 3.05. The van der Waals surface area contributed by atoms with Crippen LogP contribution in [0.1, 0.15) is 31.5 Å². The van der Waals surface area contributed by atoms with E-state index in [1.54, 1.807) is 34.9 Å². The van der Waals surface area contributed by atoms with Crippen LogP contribution in [0.3, 0.4) is 0 Å². The maximum absolute atomic E-state index is 12.6. The van der Waals surface area contributed by atoms with Gasteiger partial charge in [0, 0.05) is 25.3 Å². The van der Waals surface area contributed by atoms with Gasteiger partial charge in [-0.2, -0.15) is 4.31 Å². The van der Waals surface area contributed by atoms with E-state index >= 15 is 0 Å². The van der Waals surface area contributed by atoms with Crippen LogP contribution in [0.4, 0.5) is 0 Å². The quantitative estimate of drug-likeness (QED) is 0.838. The molecule has 6 nitrogen and oxygen atoms in total. The second-order valence-electron chi connectivity index (χ2n) is 6.30. The summed E-state index contributed by atoms with van der Waals surface area (Å²) in [7, 11) is -3.35. The second kappa shape index (κ2) is 7.46. The van der Waals surface area contributed by atoms with E-state index in [0.29, 0.717) is 23.9 Å². The van der Waals surface area contributed by atoms with Gasteiger partial charge >= 0.3 is 0 Å². The first-order valence-electron chi connectivity index (χ1n) is 8.34. The van der Waals surface area contributed by atoms with Gasteiger partial charge in [-0.1, -0.05) is 18.2 Å². The van der Waals surface area contributed by atoms with Crippen molar-refractivity contribution < 1.29 is 8.42 Å². The minimum absolute atomic E-state index is 0.221. The summed E-state index contributed by atoms with van der Waals surface area (Å²) in [5.74, 6) is 0.498. The predicted octanol–water partition coefficient (Wildman–Crippen LogP) is 2.16. The minimum atomic E-state index is -3.35. The van der Waals surface area contributed by atoms with Crippen LogP contribution in [0.15, 0.2) is 47.8 Å². The summed E-state index contributed by atoms with van der Waals surface area (Å²) in [5.41, 5.74) is 1.07. The average Bonchev–Trinajstić information content (AvgIpc) is 3.15. The molecule has 2 heterocycles. The first kappa shape index (κ1) is 17.1. The van der Waals surface area contributed by atoms with Gasteiger partial charge < -0.3 is 10.3 Å². The summed E-state index contributed by atoms with van der Waals surface area (Å²) in [6.45, 7) is 4.16. The van der Waals surface area contributed by atoms with Crippen molar-refractivity contribution in [2.24, 2.45) is 5.92 Å². The van der Waals surface area contributed by atoms with Crippen molar-refractivity contribution in [3.8, 4) is 0 Å². The van der Waals surface area contributed by atoms with E-state index in [1.807, 2.05) is 12.3 Å². The number of benzene rings is 1. The van der Waals surface area contributed by atoms with Crippen molar-refractivity contribution in [1.29, 1.82) is 0 Å². The van der Waals surface area contributed by atoms with Gasteiger partial charge in [-0.05, 0) is 44.4 Å². The highest BCUT2D eigenvalue weighted by atomic mass is 32.2. The van der Waals surface area contributed by atoms with Crippen LogP contribution in [0.5, 0.6) is 0 Å². The van der Waals surface area contributed by atoms with Gasteiger partial charge in [0.25, 0.3) is 0 Å². The Balaban J connectivity index is 1.51. The van der Waals surface area contributed by atoms with Crippen LogP contribution >= 0.6 is 0 Å². The highest BCUT2D eigenvalue weighted by molar-refractivity contribution is 7.89. The number of imidazole rings is 1. The van der Waals surface area contributed by atoms with Crippen LogP contribution in [-0.2, 0) is 10.0 Å². The molecule has 1 aromatic carbocycles. The zero-order chi connectivity index (χ0) is 17.0. The zero-order valence-corrected chi connectivity index (χ0v) is 14.7. The largest absolute Gasteiger partial charge is 0.347 e. The summed E-state index contributed by atoms with van der Waals surface area (Å²) < 4.78 is 26.8. The van der Waals surface area contributed by atoms with Gasteiger partial charge in [0.1, 0.15) is 0 Å². The molecule has 1 aliphatic rings. The molecule has 1 saturated heterocycles. The Morgan fingerprint density at radius 2 is 2.00 bits per heavy atom. The first-order chi connectivity index (χ1) is 11.6. The predicted molar refractivity (Wildman–Crippen MR) is 92.9 cm³/mol. The van der Waals surface area contributed by atoms with Crippen molar-refractivity contribution in [1.82, 2.24) is 19.6 Å². The zero-order valence-electron chi connectivity index (χ0n) is 13.9. The molecule has 0 spiro atoms. The van der Waals surface area contributed by atoms with Crippen LogP contribution in [0.2, 0.25) is 0 Å². The average molecular weight is 348 g/mol. The number of H-pyrrole nitrogens is 1. The molecule has 0 aliphatic carbocycles. The van der Waals surface area contributed by atoms with E-state index in [2.05, 4.69) is 22.2 Å². The number of hydrogen-bond acceptors (Lipinski definition) is 4. The summed E-state index contributed by atoms with van der Waals surface area (Å²) in [6.07, 6.45) is 5.27. The van der Waals surface area contributed by atoms with Crippen molar-refractivity contribution in [3.63, 3.8) is 0 Å². The number of sulfonamides is 1. The second-order valence-corrected chi connectivity index (χ2v) is 8.24. The minimum Gasteiger partial charge on any atom is -0.347 e. The third-order valence-corrected chi connectivity index (χ3v) is 6.57. The van der Waals surface area contributed by atoms with E-state index in [9.17, 15) is 8.42 Å². The smallest absolute Gasteiger partial charge is 0.243 e. The lowest BCUT2D eigenvalue weighted by Gasteiger charge is -2.31. The normalized spacial score (nSPS) is 18.5. The van der Waals surface area contributed by atoms with E-state index in [4.69, 9.17) is 0 Å². The molecule has 3 rings (SSSR count). The Morgan fingerprint density at radius 3 is 2.62 bits per heavy atom. The van der Waals surface area contributed by atoms with Gasteiger partial charge in [0.05, 0.1) is 16.9 Å². The molecule has 2 aromatic rings. The number of rotatable bonds is 6. The van der Waals surface area contributed by atoms with Crippen molar-refractivity contribution in [2.45, 2.75) is 30.7 Å². The van der Waals surface area contributed by atoms with Gasteiger partial charge in [-0.25, -0.2) is 13.4 Å². The molecule has 1 atom stereocenters. The molecule has 2 N–H and O–H groups in total. The van der Waals surface area contributed by atoms with E-state index in [1.165, 1.54) is 0 Å². The SMILES string of the molecule is CC(NCC1CCN(S(=O)(=O)c2ccccc2)CC1)c1cnc[nH]1. The monoisotopic (exact) mass is 348 g/mol. The van der Waals surface area contributed by atoms with Crippen molar-refractivity contribution >= 4 is 10.0 Å². The molecular formula is C17H24N4O2S. The molecule has 24 heavy (non-hydrogen) atoms. The standard InChI is InChI=1S/C17H24N4O2S/c1-14(17-12-18-13-20-17)19-11-15-7-9-21(10-8-15)24(22,23)16-5-3-2-4-6-16/h2-6,12-15,19H,7-11H2,1H3,(H,18,20). The van der Waals surface area contributed by atoms with Crippen LogP contribution in [0, 0.1) is 5.92 Å². The van der Waals surface area contributed by atoms with Crippen molar-refractivity contribution in [3.05, 3.63) is 48.5 Å². The molecule has 0 saturated carbocycles. The lowest BCUT2D eigenvalue weighted by molar-refractivity contribution is 0.262. The number of piperidine rings is 1. The molecule has 7 heteroatoms. The van der Waals surface area contributed by atoms with E-state index in [0.717, 1.165) is 25.1 Å². The number of hydrogen-bond donors (Lipinski definition) is 2. The molecule has 130 valence electrons. The molecule has 0 bridgehead atoms. The molecule has 1 unspecified atom stereocenters. The summed E-state index contributed by atoms with van der Waals surface area (Å²) in [6, 6.07) is 8.90. The van der Waals surface area contributed by atoms with Gasteiger partial charge in [0.15, 0.2) is 0 Å². The fourth-order valence-corrected chi connectivity index (χ4v) is 4.54. The van der Waals surface area contributed by atoms with Gasteiger partial charge in [-0.3, -0.25) is 0 Å². The molecule has 1 aliphatic heterocycles. The number of aromatic amines is 1. The van der Waals surface area contributed by atoms with Crippen molar-refractivity contribution in [2.75, 3.05) is 19.6 Å². The molecule has 1 aromatic heterocycles. The topological polar surface area (TPSA) is 78.1 Å². The fraction of sp³-hybridized carbons (Fsp3) is 0.471. The van der Waals surface area contributed by atoms with Crippen LogP contribution in [0.25, 0.3) is 0 Å². The third-order valence-electron chi connectivity index (χ3n) is 4.65. The Bertz CT molecular complexity index is 723. The lowest BCUT2D eigenvalue weighted by atomic mass is 9.98. The molecular weight excluding hydrogens is 324 g/mol. The lowest BCUT2D eigenvalue weighted by Crippen LogP contribution is -2.41. The van der Waals surface area contributed by atoms with E-state index in [-0.39, 0.29) is 6.04 Å². The molecule has 1 fully saturated rings. The van der Waals surface area contributed by atoms with Crippen LogP contribution < -0.4 is 5.32 Å². The highest BCUT2D eigenvalue weighted by Gasteiger charge is 2.29. The molecule has 0 amide bonds. The number of nitrogens with zero attached hydrogens (tertiary/aromatic N) is 2. The third kappa shape index (κ3) is 3.85. The van der Waals surface area contributed by atoms with Gasteiger partial charge in [-0.15, -0.1) is 0 Å².